The van der Waals surface area contributed by atoms with Crippen LogP contribution in [0.3, 0.4) is 0 Å². The van der Waals surface area contributed by atoms with Crippen molar-refractivity contribution in [2.45, 2.75) is 52.9 Å². The smallest absolute Gasteiger partial charge is 0.257 e. The third-order valence-corrected chi connectivity index (χ3v) is 4.74. The average molecular weight is 443 g/mol. The molecule has 0 saturated heterocycles. The van der Waals surface area contributed by atoms with Crippen LogP contribution < -0.4 is 20.1 Å². The average Bonchev–Trinajstić information content (AvgIpc) is 2.76. The first-order chi connectivity index (χ1) is 15.0. The van der Waals surface area contributed by atoms with Gasteiger partial charge in [0.05, 0.1) is 13.2 Å². The van der Waals surface area contributed by atoms with Crippen LogP contribution in [-0.2, 0) is 0 Å². The molecular formula is C25H34N2O3S. The van der Waals surface area contributed by atoms with E-state index in [2.05, 4.69) is 31.4 Å². The van der Waals surface area contributed by atoms with E-state index in [0.717, 1.165) is 24.5 Å². The first-order valence-corrected chi connectivity index (χ1v) is 11.5. The van der Waals surface area contributed by atoms with Crippen molar-refractivity contribution in [3.05, 3.63) is 54.1 Å². The molecule has 2 aromatic carbocycles. The summed E-state index contributed by atoms with van der Waals surface area (Å²) in [6.07, 6.45) is 6.07. The molecule has 0 heterocycles. The standard InChI is InChI=1S/C25H34N2O3S/c1-4-5-6-7-8-16-29-22-14-12-21(13-15-22)26-25(31)27-24(28)20-10-9-11-23(17-20)30-18-19(2)3/h9-15,17,19H,4-8,16,18H2,1-3H3,(H2,26,27,28,31). The van der Waals surface area contributed by atoms with Gasteiger partial charge in [-0.1, -0.05) is 52.5 Å². The summed E-state index contributed by atoms with van der Waals surface area (Å²) in [5, 5.41) is 5.97. The van der Waals surface area contributed by atoms with Crippen molar-refractivity contribution in [1.29, 1.82) is 0 Å². The highest BCUT2D eigenvalue weighted by molar-refractivity contribution is 7.80. The fourth-order valence-corrected chi connectivity index (χ4v) is 3.07. The summed E-state index contributed by atoms with van der Waals surface area (Å²) >= 11 is 5.28. The lowest BCUT2D eigenvalue weighted by Gasteiger charge is -2.12. The summed E-state index contributed by atoms with van der Waals surface area (Å²) in [6.45, 7) is 7.70. The van der Waals surface area contributed by atoms with Crippen molar-refractivity contribution in [3.8, 4) is 11.5 Å². The second-order valence-electron chi connectivity index (χ2n) is 7.93. The van der Waals surface area contributed by atoms with Crippen molar-refractivity contribution in [2.75, 3.05) is 18.5 Å². The molecule has 2 aromatic rings. The van der Waals surface area contributed by atoms with Crippen LogP contribution in [0.1, 0.15) is 63.2 Å². The van der Waals surface area contributed by atoms with Crippen LogP contribution >= 0.6 is 12.2 Å². The number of amides is 1. The van der Waals surface area contributed by atoms with Crippen molar-refractivity contribution in [2.24, 2.45) is 5.92 Å². The Morgan fingerprint density at radius 3 is 2.42 bits per heavy atom. The van der Waals surface area contributed by atoms with Crippen LogP contribution in [0.4, 0.5) is 5.69 Å². The van der Waals surface area contributed by atoms with Gasteiger partial charge in [0.25, 0.3) is 5.91 Å². The molecule has 0 aliphatic heterocycles. The number of hydrogen-bond donors (Lipinski definition) is 2. The molecule has 0 saturated carbocycles. The molecule has 0 aromatic heterocycles. The van der Waals surface area contributed by atoms with E-state index in [4.69, 9.17) is 21.7 Å². The van der Waals surface area contributed by atoms with E-state index in [-0.39, 0.29) is 11.0 Å². The summed E-state index contributed by atoms with van der Waals surface area (Å²) in [5.74, 6) is 1.63. The minimum absolute atomic E-state index is 0.239. The van der Waals surface area contributed by atoms with E-state index in [1.54, 1.807) is 18.2 Å². The number of thiocarbonyl (C=S) groups is 1. The van der Waals surface area contributed by atoms with Gasteiger partial charge >= 0.3 is 0 Å². The molecule has 0 atom stereocenters. The topological polar surface area (TPSA) is 59.6 Å². The summed E-state index contributed by atoms with van der Waals surface area (Å²) in [4.78, 5) is 12.5. The fraction of sp³-hybridized carbons (Fsp3) is 0.440. The maximum absolute atomic E-state index is 12.5. The second-order valence-corrected chi connectivity index (χ2v) is 8.34. The molecule has 0 unspecified atom stereocenters. The van der Waals surface area contributed by atoms with Gasteiger partial charge in [0.1, 0.15) is 11.5 Å². The van der Waals surface area contributed by atoms with Crippen LogP contribution in [0, 0.1) is 5.92 Å². The molecule has 5 nitrogen and oxygen atoms in total. The number of carbonyl (C=O) groups is 1. The third kappa shape index (κ3) is 9.83. The maximum Gasteiger partial charge on any atom is 0.257 e. The molecule has 168 valence electrons. The zero-order valence-corrected chi connectivity index (χ0v) is 19.6. The van der Waals surface area contributed by atoms with Crippen molar-refractivity contribution < 1.29 is 14.3 Å². The summed E-state index contributed by atoms with van der Waals surface area (Å²) in [5.41, 5.74) is 1.28. The Bertz CT molecular complexity index is 822. The van der Waals surface area contributed by atoms with Gasteiger partial charge in [0, 0.05) is 11.3 Å². The van der Waals surface area contributed by atoms with Gasteiger partial charge in [0.15, 0.2) is 5.11 Å². The van der Waals surface area contributed by atoms with Crippen LogP contribution in [0.5, 0.6) is 11.5 Å². The maximum atomic E-state index is 12.5. The Hall–Kier alpha value is -2.60. The number of rotatable bonds is 12. The third-order valence-electron chi connectivity index (χ3n) is 4.54. The predicted octanol–water partition coefficient (Wildman–Crippen LogP) is 6.20. The Morgan fingerprint density at radius 2 is 1.71 bits per heavy atom. The number of benzene rings is 2. The molecule has 0 aliphatic carbocycles. The first-order valence-electron chi connectivity index (χ1n) is 11.1. The van der Waals surface area contributed by atoms with Crippen LogP contribution in [0.15, 0.2) is 48.5 Å². The molecule has 31 heavy (non-hydrogen) atoms. The largest absolute Gasteiger partial charge is 0.494 e. The highest BCUT2D eigenvalue weighted by Crippen LogP contribution is 2.17. The van der Waals surface area contributed by atoms with E-state index in [1.165, 1.54) is 25.7 Å². The van der Waals surface area contributed by atoms with Crippen molar-refractivity contribution >= 4 is 28.9 Å². The van der Waals surface area contributed by atoms with E-state index in [0.29, 0.717) is 23.8 Å². The normalized spacial score (nSPS) is 10.6. The predicted molar refractivity (Wildman–Crippen MR) is 131 cm³/mol. The number of nitrogens with one attached hydrogen (secondary N) is 2. The van der Waals surface area contributed by atoms with Gasteiger partial charge in [0.2, 0.25) is 0 Å². The highest BCUT2D eigenvalue weighted by atomic mass is 32.1. The Labute approximate surface area is 191 Å². The van der Waals surface area contributed by atoms with E-state index < -0.39 is 0 Å². The van der Waals surface area contributed by atoms with Gasteiger partial charge in [-0.2, -0.15) is 0 Å². The quantitative estimate of drug-likeness (QED) is 0.303. The second kappa shape index (κ2) is 13.7. The lowest BCUT2D eigenvalue weighted by Crippen LogP contribution is -2.34. The van der Waals surface area contributed by atoms with Gasteiger partial charge < -0.3 is 14.8 Å². The first kappa shape index (κ1) is 24.7. The molecule has 2 rings (SSSR count). The Morgan fingerprint density at radius 1 is 0.968 bits per heavy atom. The van der Waals surface area contributed by atoms with Gasteiger partial charge in [-0.05, 0) is 67.0 Å². The van der Waals surface area contributed by atoms with Gasteiger partial charge in [-0.3, -0.25) is 10.1 Å². The zero-order valence-electron chi connectivity index (χ0n) is 18.8. The SMILES string of the molecule is CCCCCCCOc1ccc(NC(=S)NC(=O)c2cccc(OCC(C)C)c2)cc1. The Kier molecular flexibility index (Phi) is 10.9. The Balaban J connectivity index is 1.77. The van der Waals surface area contributed by atoms with E-state index in [9.17, 15) is 4.79 Å². The molecule has 0 fully saturated rings. The van der Waals surface area contributed by atoms with Crippen LogP contribution in [0.25, 0.3) is 0 Å². The van der Waals surface area contributed by atoms with Crippen molar-refractivity contribution in [1.82, 2.24) is 5.32 Å². The monoisotopic (exact) mass is 442 g/mol. The van der Waals surface area contributed by atoms with Crippen molar-refractivity contribution in [3.63, 3.8) is 0 Å². The zero-order chi connectivity index (χ0) is 22.5. The lowest BCUT2D eigenvalue weighted by atomic mass is 10.2. The number of anilines is 1. The van der Waals surface area contributed by atoms with E-state index >= 15 is 0 Å². The molecule has 6 heteroatoms. The van der Waals surface area contributed by atoms with Gasteiger partial charge in [-0.25, -0.2) is 0 Å². The molecule has 2 N–H and O–H groups in total. The molecular weight excluding hydrogens is 408 g/mol. The number of hydrogen-bond acceptors (Lipinski definition) is 4. The minimum atomic E-state index is -0.282. The summed E-state index contributed by atoms with van der Waals surface area (Å²) < 4.78 is 11.5. The molecule has 0 bridgehead atoms. The van der Waals surface area contributed by atoms with Crippen LogP contribution in [-0.4, -0.2) is 24.2 Å². The molecule has 1 amide bonds. The summed E-state index contributed by atoms with van der Waals surface area (Å²) in [6, 6.07) is 14.6. The molecule has 0 aliphatic rings. The number of carbonyl (C=O) groups excluding carboxylic acids is 1. The summed E-state index contributed by atoms with van der Waals surface area (Å²) in [7, 11) is 0. The minimum Gasteiger partial charge on any atom is -0.494 e. The fourth-order valence-electron chi connectivity index (χ4n) is 2.86. The number of unbranched alkanes of at least 4 members (excludes halogenated alkanes) is 4. The lowest BCUT2D eigenvalue weighted by molar-refractivity contribution is 0.0977. The molecule has 0 radical (unpaired) electrons. The van der Waals surface area contributed by atoms with Crippen LogP contribution in [0.2, 0.25) is 0 Å². The number of ether oxygens (including phenoxy) is 2. The molecule has 0 spiro atoms. The van der Waals surface area contributed by atoms with Gasteiger partial charge in [-0.15, -0.1) is 0 Å². The van der Waals surface area contributed by atoms with E-state index in [1.807, 2.05) is 30.3 Å². The highest BCUT2D eigenvalue weighted by Gasteiger charge is 2.10.